The van der Waals surface area contributed by atoms with E-state index in [1.165, 1.54) is 12.1 Å². The van der Waals surface area contributed by atoms with Crippen molar-refractivity contribution in [1.82, 2.24) is 4.98 Å². The van der Waals surface area contributed by atoms with Gasteiger partial charge in [0.1, 0.15) is 5.82 Å². The van der Waals surface area contributed by atoms with Crippen LogP contribution in [0.4, 0.5) is 4.39 Å². The van der Waals surface area contributed by atoms with Gasteiger partial charge in [0.25, 0.3) is 0 Å². The van der Waals surface area contributed by atoms with Gasteiger partial charge in [-0.05, 0) is 30.7 Å². The summed E-state index contributed by atoms with van der Waals surface area (Å²) in [5, 5.41) is 9.95. The van der Waals surface area contributed by atoms with Crippen molar-refractivity contribution in [2.24, 2.45) is 0 Å². The Labute approximate surface area is 120 Å². The van der Waals surface area contributed by atoms with Gasteiger partial charge >= 0.3 is 5.97 Å². The Morgan fingerprint density at radius 2 is 1.90 bits per heavy atom. The molecule has 3 rings (SSSR count). The van der Waals surface area contributed by atoms with Crippen LogP contribution < -0.4 is 0 Å². The third-order valence-corrected chi connectivity index (χ3v) is 3.42. The molecule has 0 saturated heterocycles. The number of aryl methyl sites for hydroxylation is 1. The summed E-state index contributed by atoms with van der Waals surface area (Å²) >= 11 is 0. The molecule has 2 aromatic carbocycles. The molecule has 0 fully saturated rings. The number of hydrogen-bond donors (Lipinski definition) is 1. The van der Waals surface area contributed by atoms with Crippen molar-refractivity contribution in [2.75, 3.05) is 0 Å². The molecule has 0 radical (unpaired) electrons. The SMILES string of the molecule is Cc1cccc2c(C(=O)O)cc(-c3ccccc3F)nc12. The summed E-state index contributed by atoms with van der Waals surface area (Å²) in [5.41, 5.74) is 2.18. The van der Waals surface area contributed by atoms with E-state index in [0.717, 1.165) is 5.56 Å². The topological polar surface area (TPSA) is 50.2 Å². The van der Waals surface area contributed by atoms with Gasteiger partial charge in [-0.3, -0.25) is 0 Å². The molecule has 1 heterocycles. The lowest BCUT2D eigenvalue weighted by molar-refractivity contribution is 0.0699. The summed E-state index contributed by atoms with van der Waals surface area (Å²) in [6.07, 6.45) is 0. The molecular weight excluding hydrogens is 269 g/mol. The van der Waals surface area contributed by atoms with Crippen LogP contribution in [0.25, 0.3) is 22.2 Å². The molecule has 0 unspecified atom stereocenters. The Kier molecular flexibility index (Phi) is 3.14. The van der Waals surface area contributed by atoms with Crippen molar-refractivity contribution in [3.8, 4) is 11.3 Å². The minimum absolute atomic E-state index is 0.127. The van der Waals surface area contributed by atoms with Gasteiger partial charge in [-0.1, -0.05) is 30.3 Å². The molecule has 0 aliphatic heterocycles. The highest BCUT2D eigenvalue weighted by molar-refractivity contribution is 6.04. The zero-order chi connectivity index (χ0) is 15.0. The Bertz CT molecular complexity index is 859. The number of fused-ring (bicyclic) bond motifs is 1. The van der Waals surface area contributed by atoms with Crippen LogP contribution in [0.3, 0.4) is 0 Å². The third-order valence-electron chi connectivity index (χ3n) is 3.42. The number of nitrogens with zero attached hydrogens (tertiary/aromatic N) is 1. The largest absolute Gasteiger partial charge is 0.478 e. The molecule has 1 N–H and O–H groups in total. The number of aromatic nitrogens is 1. The zero-order valence-electron chi connectivity index (χ0n) is 11.3. The van der Waals surface area contributed by atoms with Crippen LogP contribution in [-0.2, 0) is 0 Å². The normalized spacial score (nSPS) is 10.8. The summed E-state index contributed by atoms with van der Waals surface area (Å²) in [4.78, 5) is 15.9. The first kappa shape index (κ1) is 13.2. The van der Waals surface area contributed by atoms with Crippen molar-refractivity contribution in [3.63, 3.8) is 0 Å². The molecule has 0 aliphatic carbocycles. The first-order valence-corrected chi connectivity index (χ1v) is 6.46. The third kappa shape index (κ3) is 2.25. The summed E-state index contributed by atoms with van der Waals surface area (Å²) in [5.74, 6) is -1.47. The Morgan fingerprint density at radius 3 is 2.62 bits per heavy atom. The quantitative estimate of drug-likeness (QED) is 0.771. The number of benzene rings is 2. The van der Waals surface area contributed by atoms with E-state index in [2.05, 4.69) is 4.98 Å². The maximum Gasteiger partial charge on any atom is 0.336 e. The molecule has 0 atom stereocenters. The molecule has 0 aliphatic rings. The van der Waals surface area contributed by atoms with Crippen molar-refractivity contribution in [3.05, 3.63) is 65.5 Å². The first-order chi connectivity index (χ1) is 10.1. The highest BCUT2D eigenvalue weighted by Crippen LogP contribution is 2.28. The van der Waals surface area contributed by atoms with E-state index in [9.17, 15) is 14.3 Å². The minimum Gasteiger partial charge on any atom is -0.478 e. The van der Waals surface area contributed by atoms with E-state index in [-0.39, 0.29) is 5.56 Å². The molecule has 3 nitrogen and oxygen atoms in total. The maximum atomic E-state index is 13.9. The molecule has 3 aromatic rings. The van der Waals surface area contributed by atoms with E-state index in [0.29, 0.717) is 22.2 Å². The second-order valence-electron chi connectivity index (χ2n) is 4.81. The number of para-hydroxylation sites is 1. The second kappa shape index (κ2) is 4.98. The van der Waals surface area contributed by atoms with Crippen LogP contribution in [0, 0.1) is 12.7 Å². The van der Waals surface area contributed by atoms with Gasteiger partial charge in [0.05, 0.1) is 16.8 Å². The van der Waals surface area contributed by atoms with E-state index >= 15 is 0 Å². The number of carboxylic acids is 1. The van der Waals surface area contributed by atoms with E-state index < -0.39 is 11.8 Å². The summed E-state index contributed by atoms with van der Waals surface area (Å²) < 4.78 is 13.9. The average molecular weight is 281 g/mol. The Hall–Kier alpha value is -2.75. The summed E-state index contributed by atoms with van der Waals surface area (Å²) in [6, 6.07) is 13.0. The number of halogens is 1. The van der Waals surface area contributed by atoms with Crippen LogP contribution in [0.2, 0.25) is 0 Å². The summed E-state index contributed by atoms with van der Waals surface area (Å²) in [7, 11) is 0. The van der Waals surface area contributed by atoms with Crippen LogP contribution in [0.1, 0.15) is 15.9 Å². The lowest BCUT2D eigenvalue weighted by atomic mass is 10.0. The molecule has 4 heteroatoms. The van der Waals surface area contributed by atoms with Crippen molar-refractivity contribution in [2.45, 2.75) is 6.92 Å². The highest BCUT2D eigenvalue weighted by Gasteiger charge is 2.15. The van der Waals surface area contributed by atoms with Crippen molar-refractivity contribution in [1.29, 1.82) is 0 Å². The monoisotopic (exact) mass is 281 g/mol. The maximum absolute atomic E-state index is 13.9. The number of carboxylic acid groups (broad SMARTS) is 1. The van der Waals surface area contributed by atoms with Crippen molar-refractivity contribution >= 4 is 16.9 Å². The van der Waals surface area contributed by atoms with E-state index in [1.54, 1.807) is 30.3 Å². The van der Waals surface area contributed by atoms with Gasteiger partial charge in [0, 0.05) is 10.9 Å². The minimum atomic E-state index is -1.05. The molecule has 104 valence electrons. The molecule has 0 bridgehead atoms. The fourth-order valence-electron chi connectivity index (χ4n) is 2.38. The lowest BCUT2D eigenvalue weighted by Gasteiger charge is -2.09. The van der Waals surface area contributed by atoms with Gasteiger partial charge in [-0.2, -0.15) is 0 Å². The van der Waals surface area contributed by atoms with Gasteiger partial charge in [-0.15, -0.1) is 0 Å². The van der Waals surface area contributed by atoms with Crippen LogP contribution in [-0.4, -0.2) is 16.1 Å². The number of pyridine rings is 1. The molecule has 0 amide bonds. The van der Waals surface area contributed by atoms with Crippen LogP contribution >= 0.6 is 0 Å². The van der Waals surface area contributed by atoms with Crippen molar-refractivity contribution < 1.29 is 14.3 Å². The average Bonchev–Trinajstić information content (AvgIpc) is 2.47. The fourth-order valence-corrected chi connectivity index (χ4v) is 2.38. The zero-order valence-corrected chi connectivity index (χ0v) is 11.3. The number of aromatic carboxylic acids is 1. The predicted octanol–water partition coefficient (Wildman–Crippen LogP) is 4.05. The summed E-state index contributed by atoms with van der Waals surface area (Å²) in [6.45, 7) is 1.85. The standard InChI is InChI=1S/C17H12FNO2/c1-10-5-4-7-11-13(17(20)21)9-15(19-16(10)11)12-6-2-3-8-14(12)18/h2-9H,1H3,(H,20,21). The molecule has 0 spiro atoms. The molecular formula is C17H12FNO2. The smallest absolute Gasteiger partial charge is 0.336 e. The van der Waals surface area contributed by atoms with Gasteiger partial charge in [0.15, 0.2) is 0 Å². The fraction of sp³-hybridized carbons (Fsp3) is 0.0588. The first-order valence-electron chi connectivity index (χ1n) is 6.46. The van der Waals surface area contributed by atoms with Crippen LogP contribution in [0.5, 0.6) is 0 Å². The predicted molar refractivity (Wildman–Crippen MR) is 78.8 cm³/mol. The highest BCUT2D eigenvalue weighted by atomic mass is 19.1. The van der Waals surface area contributed by atoms with E-state index in [4.69, 9.17) is 0 Å². The number of hydrogen-bond acceptors (Lipinski definition) is 2. The molecule has 1 aromatic heterocycles. The lowest BCUT2D eigenvalue weighted by Crippen LogP contribution is -2.01. The molecule has 21 heavy (non-hydrogen) atoms. The van der Waals surface area contributed by atoms with Gasteiger partial charge < -0.3 is 5.11 Å². The molecule has 0 saturated carbocycles. The Morgan fingerprint density at radius 1 is 1.14 bits per heavy atom. The second-order valence-corrected chi connectivity index (χ2v) is 4.81. The van der Waals surface area contributed by atoms with Gasteiger partial charge in [-0.25, -0.2) is 14.2 Å². The van der Waals surface area contributed by atoms with Crippen LogP contribution in [0.15, 0.2) is 48.5 Å². The van der Waals surface area contributed by atoms with Gasteiger partial charge in [0.2, 0.25) is 0 Å². The Balaban J connectivity index is 2.38. The number of carbonyl (C=O) groups is 1. The number of rotatable bonds is 2. The van der Waals surface area contributed by atoms with E-state index in [1.807, 2.05) is 13.0 Å².